The zero-order valence-electron chi connectivity index (χ0n) is 12.9. The summed E-state index contributed by atoms with van der Waals surface area (Å²) in [4.78, 5) is 28.1. The standard InChI is InChI=1S/C10H10.C6H3N3O6/c1-3-9-6-5-7-10(4-2)8-9;10-7(11)4-1-5(8(12)13)3-6(2-4)9(14)15/h3-8H,1-2H2;1-3H. The Balaban J connectivity index is 0.000000271. The molecule has 0 unspecified atom stereocenters. The lowest BCUT2D eigenvalue weighted by atomic mass is 10.1. The van der Waals surface area contributed by atoms with E-state index in [4.69, 9.17) is 0 Å². The van der Waals surface area contributed by atoms with Crippen LogP contribution in [-0.2, 0) is 0 Å². The maximum absolute atomic E-state index is 10.3. The Morgan fingerprint density at radius 1 is 0.680 bits per heavy atom. The lowest BCUT2D eigenvalue weighted by Crippen LogP contribution is -1.96. The number of rotatable bonds is 5. The molecule has 0 saturated carbocycles. The van der Waals surface area contributed by atoms with E-state index in [2.05, 4.69) is 13.2 Å². The first-order valence-corrected chi connectivity index (χ1v) is 6.71. The molecule has 0 spiro atoms. The van der Waals surface area contributed by atoms with Crippen molar-refractivity contribution >= 4 is 29.2 Å². The van der Waals surface area contributed by atoms with Crippen LogP contribution in [0.1, 0.15) is 11.1 Å². The zero-order chi connectivity index (χ0) is 19.0. The van der Waals surface area contributed by atoms with Crippen LogP contribution in [0.5, 0.6) is 0 Å². The molecule has 2 aromatic rings. The SMILES string of the molecule is C=Cc1cccc(C=C)c1.O=[N+]([O-])c1cc([N+](=O)[O-])cc([N+](=O)[O-])c1. The summed E-state index contributed by atoms with van der Waals surface area (Å²) < 4.78 is 0. The predicted molar refractivity (Wildman–Crippen MR) is 93.0 cm³/mol. The smallest absolute Gasteiger partial charge is 0.258 e. The predicted octanol–water partition coefficient (Wildman–Crippen LogP) is 4.38. The Kier molecular flexibility index (Phi) is 6.65. The summed E-state index contributed by atoms with van der Waals surface area (Å²) in [7, 11) is 0. The molecular formula is C16H13N3O6. The zero-order valence-corrected chi connectivity index (χ0v) is 12.9. The van der Waals surface area contributed by atoms with Crippen molar-refractivity contribution in [2.45, 2.75) is 0 Å². The van der Waals surface area contributed by atoms with Gasteiger partial charge in [0.05, 0.1) is 33.0 Å². The van der Waals surface area contributed by atoms with E-state index in [1.807, 2.05) is 36.4 Å². The van der Waals surface area contributed by atoms with Gasteiger partial charge >= 0.3 is 0 Å². The van der Waals surface area contributed by atoms with Crippen LogP contribution in [0.3, 0.4) is 0 Å². The van der Waals surface area contributed by atoms with Gasteiger partial charge in [-0.15, -0.1) is 0 Å². The monoisotopic (exact) mass is 343 g/mol. The number of nitro benzene ring substituents is 3. The van der Waals surface area contributed by atoms with E-state index >= 15 is 0 Å². The Bertz CT molecular complexity index is 745. The molecule has 0 radical (unpaired) electrons. The van der Waals surface area contributed by atoms with E-state index in [0.717, 1.165) is 11.1 Å². The first-order valence-electron chi connectivity index (χ1n) is 6.71. The van der Waals surface area contributed by atoms with Gasteiger partial charge < -0.3 is 0 Å². The number of nitrogens with zero attached hydrogens (tertiary/aromatic N) is 3. The fraction of sp³-hybridized carbons (Fsp3) is 0. The van der Waals surface area contributed by atoms with Gasteiger partial charge in [-0.1, -0.05) is 43.5 Å². The van der Waals surface area contributed by atoms with Gasteiger partial charge in [-0.25, -0.2) is 0 Å². The minimum atomic E-state index is -0.931. The van der Waals surface area contributed by atoms with Crippen LogP contribution < -0.4 is 0 Å². The van der Waals surface area contributed by atoms with Gasteiger partial charge in [0.1, 0.15) is 0 Å². The number of hydrogen-bond acceptors (Lipinski definition) is 6. The molecule has 0 aliphatic rings. The third-order valence-electron chi connectivity index (χ3n) is 2.90. The second kappa shape index (κ2) is 8.67. The molecule has 0 amide bonds. The van der Waals surface area contributed by atoms with Crippen LogP contribution in [0.15, 0.2) is 55.6 Å². The molecule has 2 aromatic carbocycles. The van der Waals surface area contributed by atoms with Crippen molar-refractivity contribution in [3.05, 3.63) is 97.1 Å². The Morgan fingerprint density at radius 2 is 1.00 bits per heavy atom. The maximum Gasteiger partial charge on any atom is 0.283 e. The van der Waals surface area contributed by atoms with E-state index in [1.165, 1.54) is 0 Å². The van der Waals surface area contributed by atoms with E-state index in [1.54, 1.807) is 0 Å². The van der Waals surface area contributed by atoms with Crippen LogP contribution in [-0.4, -0.2) is 14.8 Å². The minimum absolute atomic E-state index is 0.660. The average molecular weight is 343 g/mol. The molecule has 0 fully saturated rings. The highest BCUT2D eigenvalue weighted by molar-refractivity contribution is 5.55. The van der Waals surface area contributed by atoms with Crippen molar-refractivity contribution in [2.75, 3.05) is 0 Å². The normalized spacial score (nSPS) is 9.28. The summed E-state index contributed by atoms with van der Waals surface area (Å²) in [6.45, 7) is 7.34. The molecule has 0 bridgehead atoms. The van der Waals surface area contributed by atoms with Crippen molar-refractivity contribution in [1.29, 1.82) is 0 Å². The Labute approximate surface area is 142 Å². The molecule has 0 N–H and O–H groups in total. The van der Waals surface area contributed by atoms with Crippen LogP contribution in [0.25, 0.3) is 12.2 Å². The number of hydrogen-bond donors (Lipinski definition) is 0. The molecule has 0 atom stereocenters. The van der Waals surface area contributed by atoms with Gasteiger partial charge in [-0.3, -0.25) is 30.3 Å². The molecule has 9 nitrogen and oxygen atoms in total. The van der Waals surface area contributed by atoms with Crippen LogP contribution in [0.4, 0.5) is 17.1 Å². The van der Waals surface area contributed by atoms with Crippen LogP contribution in [0.2, 0.25) is 0 Å². The second-order valence-electron chi connectivity index (χ2n) is 4.56. The van der Waals surface area contributed by atoms with E-state index in [9.17, 15) is 30.3 Å². The van der Waals surface area contributed by atoms with Crippen molar-refractivity contribution in [3.8, 4) is 0 Å². The summed E-state index contributed by atoms with van der Waals surface area (Å²) in [5, 5.41) is 30.9. The molecule has 25 heavy (non-hydrogen) atoms. The molecule has 128 valence electrons. The molecule has 9 heteroatoms. The molecule has 2 rings (SSSR count). The number of benzene rings is 2. The second-order valence-corrected chi connectivity index (χ2v) is 4.56. The van der Waals surface area contributed by atoms with E-state index in [-0.39, 0.29) is 0 Å². The summed E-state index contributed by atoms with van der Waals surface area (Å²) in [5.41, 5.74) is 0.220. The largest absolute Gasteiger partial charge is 0.283 e. The molecular weight excluding hydrogens is 330 g/mol. The fourth-order valence-corrected chi connectivity index (χ4v) is 1.71. The minimum Gasteiger partial charge on any atom is -0.258 e. The lowest BCUT2D eigenvalue weighted by Gasteiger charge is -1.93. The molecule has 0 aromatic heterocycles. The molecule has 0 aliphatic heterocycles. The quantitative estimate of drug-likeness (QED) is 0.585. The van der Waals surface area contributed by atoms with Gasteiger partial charge in [0.25, 0.3) is 17.1 Å². The number of nitro groups is 3. The highest BCUT2D eigenvalue weighted by Gasteiger charge is 2.21. The maximum atomic E-state index is 10.3. The topological polar surface area (TPSA) is 129 Å². The van der Waals surface area contributed by atoms with Gasteiger partial charge in [0.2, 0.25) is 0 Å². The third kappa shape index (κ3) is 5.67. The Morgan fingerprint density at radius 3 is 1.24 bits per heavy atom. The summed E-state index contributed by atoms with van der Waals surface area (Å²) in [6, 6.07) is 10.0. The Hall–Kier alpha value is -3.88. The average Bonchev–Trinajstić information content (AvgIpc) is 2.61. The third-order valence-corrected chi connectivity index (χ3v) is 2.90. The van der Waals surface area contributed by atoms with Crippen LogP contribution >= 0.6 is 0 Å². The van der Waals surface area contributed by atoms with Crippen molar-refractivity contribution in [1.82, 2.24) is 0 Å². The molecule has 0 saturated heterocycles. The van der Waals surface area contributed by atoms with Gasteiger partial charge in [0, 0.05) is 0 Å². The first kappa shape index (κ1) is 19.2. The number of non-ortho nitro benzene ring substituents is 3. The van der Waals surface area contributed by atoms with Crippen molar-refractivity contribution in [2.24, 2.45) is 0 Å². The highest BCUT2D eigenvalue weighted by Crippen LogP contribution is 2.26. The summed E-state index contributed by atoms with van der Waals surface area (Å²) in [5.74, 6) is 0. The van der Waals surface area contributed by atoms with Gasteiger partial charge in [-0.05, 0) is 17.2 Å². The van der Waals surface area contributed by atoms with E-state index < -0.39 is 31.8 Å². The molecule has 0 aliphatic carbocycles. The summed E-state index contributed by atoms with van der Waals surface area (Å²) >= 11 is 0. The fourth-order valence-electron chi connectivity index (χ4n) is 1.71. The van der Waals surface area contributed by atoms with E-state index in [0.29, 0.717) is 18.2 Å². The lowest BCUT2D eigenvalue weighted by molar-refractivity contribution is -0.403. The van der Waals surface area contributed by atoms with Crippen molar-refractivity contribution in [3.63, 3.8) is 0 Å². The highest BCUT2D eigenvalue weighted by atomic mass is 16.6. The van der Waals surface area contributed by atoms with Gasteiger partial charge in [0.15, 0.2) is 0 Å². The summed E-state index contributed by atoms with van der Waals surface area (Å²) in [6.07, 6.45) is 3.65. The first-order chi connectivity index (χ1) is 11.8. The molecule has 0 heterocycles. The van der Waals surface area contributed by atoms with Gasteiger partial charge in [-0.2, -0.15) is 0 Å². The van der Waals surface area contributed by atoms with Crippen molar-refractivity contribution < 1.29 is 14.8 Å². The van der Waals surface area contributed by atoms with Crippen LogP contribution in [0, 0.1) is 30.3 Å².